The number of hydrogen-bond acceptors (Lipinski definition) is 2. The van der Waals surface area contributed by atoms with Gasteiger partial charge in [0.05, 0.1) is 10.6 Å². The molecule has 0 aliphatic heterocycles. The highest BCUT2D eigenvalue weighted by molar-refractivity contribution is 7.10. The fourth-order valence-corrected chi connectivity index (χ4v) is 3.10. The van der Waals surface area contributed by atoms with Crippen LogP contribution in [-0.4, -0.2) is 10.7 Å². The third kappa shape index (κ3) is 2.63. The predicted octanol–water partition coefficient (Wildman–Crippen LogP) is 3.66. The summed E-state index contributed by atoms with van der Waals surface area (Å²) in [6.45, 7) is 2.17. The van der Waals surface area contributed by atoms with Crippen molar-refractivity contribution in [2.45, 2.75) is 31.8 Å². The van der Waals surface area contributed by atoms with Crippen molar-refractivity contribution in [3.05, 3.63) is 33.5 Å². The van der Waals surface area contributed by atoms with Crippen LogP contribution in [0.5, 0.6) is 0 Å². The standard InChI is InChI=1S/C12H15ClOS/c1-9-2-5-12(14,6-3-9)8-11-10(13)4-7-15-11/h2,4-5,7,9,14H,3,6,8H2,1H3. The second-order valence-electron chi connectivity index (χ2n) is 4.35. The van der Waals surface area contributed by atoms with Crippen LogP contribution in [0, 0.1) is 5.92 Å². The first-order valence-electron chi connectivity index (χ1n) is 5.23. The highest BCUT2D eigenvalue weighted by Crippen LogP contribution is 2.33. The molecule has 15 heavy (non-hydrogen) atoms. The third-order valence-corrected chi connectivity index (χ3v) is 4.31. The molecule has 0 radical (unpaired) electrons. The topological polar surface area (TPSA) is 20.2 Å². The quantitative estimate of drug-likeness (QED) is 0.785. The number of rotatable bonds is 2. The largest absolute Gasteiger partial charge is 0.385 e. The van der Waals surface area contributed by atoms with Gasteiger partial charge in [0.2, 0.25) is 0 Å². The summed E-state index contributed by atoms with van der Waals surface area (Å²) in [5.41, 5.74) is -0.680. The van der Waals surface area contributed by atoms with E-state index in [0.29, 0.717) is 12.3 Å². The summed E-state index contributed by atoms with van der Waals surface area (Å²) in [4.78, 5) is 1.08. The lowest BCUT2D eigenvalue weighted by Crippen LogP contribution is -2.31. The summed E-state index contributed by atoms with van der Waals surface area (Å²) in [6.07, 6.45) is 6.57. The highest BCUT2D eigenvalue weighted by Gasteiger charge is 2.28. The second-order valence-corrected chi connectivity index (χ2v) is 5.76. The first-order valence-corrected chi connectivity index (χ1v) is 6.48. The molecule has 1 heterocycles. The molecule has 1 N–H and O–H groups in total. The highest BCUT2D eigenvalue weighted by atomic mass is 35.5. The Morgan fingerprint density at radius 1 is 1.67 bits per heavy atom. The number of hydrogen-bond donors (Lipinski definition) is 1. The first-order chi connectivity index (χ1) is 7.09. The Balaban J connectivity index is 2.12. The molecule has 1 aromatic heterocycles. The number of aliphatic hydroxyl groups is 1. The van der Waals surface area contributed by atoms with Crippen LogP contribution in [-0.2, 0) is 6.42 Å². The molecule has 0 bridgehead atoms. The average Bonchev–Trinajstić information content (AvgIpc) is 2.58. The van der Waals surface area contributed by atoms with Gasteiger partial charge >= 0.3 is 0 Å². The average molecular weight is 243 g/mol. The summed E-state index contributed by atoms with van der Waals surface area (Å²) in [5.74, 6) is 0.587. The van der Waals surface area contributed by atoms with Crippen molar-refractivity contribution in [1.82, 2.24) is 0 Å². The summed E-state index contributed by atoms with van der Waals surface area (Å²) >= 11 is 7.64. The zero-order chi connectivity index (χ0) is 10.9. The van der Waals surface area contributed by atoms with Crippen molar-refractivity contribution in [3.8, 4) is 0 Å². The summed E-state index contributed by atoms with van der Waals surface area (Å²) in [7, 11) is 0. The molecule has 0 amide bonds. The van der Waals surface area contributed by atoms with Crippen LogP contribution in [0.25, 0.3) is 0 Å². The Morgan fingerprint density at radius 3 is 3.00 bits per heavy atom. The summed E-state index contributed by atoms with van der Waals surface area (Å²) < 4.78 is 0. The molecule has 0 saturated carbocycles. The van der Waals surface area contributed by atoms with E-state index in [9.17, 15) is 5.11 Å². The molecule has 0 saturated heterocycles. The molecule has 1 nitrogen and oxygen atoms in total. The Hall–Kier alpha value is -0.310. The van der Waals surface area contributed by atoms with Gasteiger partial charge in [-0.05, 0) is 30.2 Å². The van der Waals surface area contributed by atoms with Crippen LogP contribution in [0.4, 0.5) is 0 Å². The SMILES string of the molecule is CC1C=CC(O)(Cc2sccc2Cl)CC1. The van der Waals surface area contributed by atoms with E-state index < -0.39 is 5.60 Å². The fourth-order valence-electron chi connectivity index (χ4n) is 1.88. The van der Waals surface area contributed by atoms with E-state index in [-0.39, 0.29) is 0 Å². The Kier molecular flexibility index (Phi) is 3.19. The van der Waals surface area contributed by atoms with E-state index in [1.807, 2.05) is 17.5 Å². The normalized spacial score (nSPS) is 30.7. The predicted molar refractivity (Wildman–Crippen MR) is 65.5 cm³/mol. The Morgan fingerprint density at radius 2 is 2.47 bits per heavy atom. The maximum Gasteiger partial charge on any atom is 0.0876 e. The second kappa shape index (κ2) is 4.28. The van der Waals surface area contributed by atoms with E-state index in [1.54, 1.807) is 11.3 Å². The van der Waals surface area contributed by atoms with Crippen molar-refractivity contribution >= 4 is 22.9 Å². The molecule has 2 unspecified atom stereocenters. The molecule has 1 aliphatic rings. The molecular weight excluding hydrogens is 228 g/mol. The van der Waals surface area contributed by atoms with Crippen molar-refractivity contribution in [1.29, 1.82) is 0 Å². The maximum absolute atomic E-state index is 10.3. The Bertz CT molecular complexity index is 371. The van der Waals surface area contributed by atoms with Gasteiger partial charge in [-0.1, -0.05) is 30.7 Å². The van der Waals surface area contributed by atoms with Gasteiger partial charge in [-0.2, -0.15) is 0 Å². The number of thiophene rings is 1. The molecule has 3 heteroatoms. The van der Waals surface area contributed by atoms with Crippen molar-refractivity contribution < 1.29 is 5.11 Å². The molecule has 2 atom stereocenters. The van der Waals surface area contributed by atoms with Gasteiger partial charge in [0.15, 0.2) is 0 Å². The Labute approximate surface area is 99.4 Å². The third-order valence-electron chi connectivity index (χ3n) is 2.93. The summed E-state index contributed by atoms with van der Waals surface area (Å²) in [5, 5.41) is 13.1. The lowest BCUT2D eigenvalue weighted by molar-refractivity contribution is 0.0708. The maximum atomic E-state index is 10.3. The lowest BCUT2D eigenvalue weighted by atomic mass is 9.83. The smallest absolute Gasteiger partial charge is 0.0876 e. The number of allylic oxidation sites excluding steroid dienone is 1. The van der Waals surface area contributed by atoms with E-state index in [1.165, 1.54) is 0 Å². The van der Waals surface area contributed by atoms with Crippen LogP contribution in [0.2, 0.25) is 5.02 Å². The molecule has 1 aliphatic carbocycles. The van der Waals surface area contributed by atoms with Crippen LogP contribution >= 0.6 is 22.9 Å². The molecular formula is C12H15ClOS. The monoisotopic (exact) mass is 242 g/mol. The van der Waals surface area contributed by atoms with Crippen LogP contribution < -0.4 is 0 Å². The van der Waals surface area contributed by atoms with E-state index in [4.69, 9.17) is 11.6 Å². The lowest BCUT2D eigenvalue weighted by Gasteiger charge is -2.29. The van der Waals surface area contributed by atoms with Gasteiger partial charge in [-0.3, -0.25) is 0 Å². The molecule has 2 rings (SSSR count). The molecule has 0 aromatic carbocycles. The minimum atomic E-state index is -0.680. The van der Waals surface area contributed by atoms with Gasteiger partial charge in [0.25, 0.3) is 0 Å². The molecule has 0 fully saturated rings. The zero-order valence-electron chi connectivity index (χ0n) is 8.74. The first kappa shape index (κ1) is 11.2. The fraction of sp³-hybridized carbons (Fsp3) is 0.500. The van der Waals surface area contributed by atoms with Crippen LogP contribution in [0.3, 0.4) is 0 Å². The van der Waals surface area contributed by atoms with E-state index in [0.717, 1.165) is 22.7 Å². The molecule has 1 aromatic rings. The van der Waals surface area contributed by atoms with Gasteiger partial charge in [-0.15, -0.1) is 11.3 Å². The summed E-state index contributed by atoms with van der Waals surface area (Å²) in [6, 6.07) is 1.89. The van der Waals surface area contributed by atoms with E-state index in [2.05, 4.69) is 13.0 Å². The van der Waals surface area contributed by atoms with Crippen molar-refractivity contribution in [3.63, 3.8) is 0 Å². The minimum Gasteiger partial charge on any atom is -0.385 e. The van der Waals surface area contributed by atoms with Gasteiger partial charge in [0.1, 0.15) is 0 Å². The van der Waals surface area contributed by atoms with Gasteiger partial charge in [-0.25, -0.2) is 0 Å². The van der Waals surface area contributed by atoms with Crippen molar-refractivity contribution in [2.24, 2.45) is 5.92 Å². The number of halogens is 1. The molecule has 82 valence electrons. The van der Waals surface area contributed by atoms with Crippen molar-refractivity contribution in [2.75, 3.05) is 0 Å². The molecule has 0 spiro atoms. The van der Waals surface area contributed by atoms with Gasteiger partial charge < -0.3 is 5.11 Å². The zero-order valence-corrected chi connectivity index (χ0v) is 10.3. The van der Waals surface area contributed by atoms with Crippen LogP contribution in [0.15, 0.2) is 23.6 Å². The minimum absolute atomic E-state index is 0.587. The van der Waals surface area contributed by atoms with E-state index >= 15 is 0 Å². The van der Waals surface area contributed by atoms with Crippen LogP contribution in [0.1, 0.15) is 24.6 Å². The van der Waals surface area contributed by atoms with Gasteiger partial charge in [0, 0.05) is 11.3 Å².